The van der Waals surface area contributed by atoms with Crippen molar-refractivity contribution in [1.82, 2.24) is 5.32 Å². The lowest BCUT2D eigenvalue weighted by molar-refractivity contribution is -0.140. The molecule has 0 spiro atoms. The number of ketones is 1. The number of esters is 1. The van der Waals surface area contributed by atoms with Crippen LogP contribution >= 0.6 is 11.6 Å². The van der Waals surface area contributed by atoms with Crippen LogP contribution in [0.3, 0.4) is 0 Å². The molecular formula is C28H28ClNO5. The van der Waals surface area contributed by atoms with Gasteiger partial charge in [-0.2, -0.15) is 0 Å². The fraction of sp³-hybridized carbons (Fsp3) is 0.357. The summed E-state index contributed by atoms with van der Waals surface area (Å²) in [4.78, 5) is 27.0. The molecule has 2 aromatic carbocycles. The van der Waals surface area contributed by atoms with Crippen LogP contribution in [0.5, 0.6) is 11.5 Å². The van der Waals surface area contributed by atoms with Gasteiger partial charge in [0.25, 0.3) is 0 Å². The van der Waals surface area contributed by atoms with Crippen LogP contribution in [0.4, 0.5) is 0 Å². The Morgan fingerprint density at radius 2 is 1.80 bits per heavy atom. The Hall–Kier alpha value is -3.25. The highest BCUT2D eigenvalue weighted by atomic mass is 35.5. The highest BCUT2D eigenvalue weighted by Crippen LogP contribution is 2.47. The average Bonchev–Trinajstić information content (AvgIpc) is 3.30. The van der Waals surface area contributed by atoms with Crippen molar-refractivity contribution in [2.24, 2.45) is 5.92 Å². The van der Waals surface area contributed by atoms with E-state index in [0.717, 1.165) is 16.8 Å². The third kappa shape index (κ3) is 4.55. The number of dihydropyridines is 1. The molecule has 1 N–H and O–H groups in total. The molecule has 0 unspecified atom stereocenters. The summed E-state index contributed by atoms with van der Waals surface area (Å²) in [6.45, 7) is 6.31. The third-order valence-electron chi connectivity index (χ3n) is 6.67. The molecule has 0 saturated carbocycles. The van der Waals surface area contributed by atoms with E-state index in [2.05, 4.69) is 5.32 Å². The Morgan fingerprint density at radius 3 is 2.54 bits per heavy atom. The lowest BCUT2D eigenvalue weighted by atomic mass is 9.71. The van der Waals surface area contributed by atoms with Crippen LogP contribution < -0.4 is 14.8 Å². The minimum atomic E-state index is -0.543. The maximum atomic E-state index is 13.7. The van der Waals surface area contributed by atoms with Crippen molar-refractivity contribution >= 4 is 23.4 Å². The first kappa shape index (κ1) is 23.5. The van der Waals surface area contributed by atoms with Crippen LogP contribution in [-0.4, -0.2) is 25.2 Å². The molecule has 0 saturated heterocycles. The molecule has 2 heterocycles. The van der Waals surface area contributed by atoms with Crippen molar-refractivity contribution in [3.05, 3.63) is 81.2 Å². The van der Waals surface area contributed by atoms with Crippen molar-refractivity contribution in [3.8, 4) is 11.5 Å². The topological polar surface area (TPSA) is 73.9 Å². The van der Waals surface area contributed by atoms with Crippen LogP contribution in [0.25, 0.3) is 0 Å². The molecule has 1 aliphatic carbocycles. The lowest BCUT2D eigenvalue weighted by Gasteiger charge is -2.36. The molecule has 0 radical (unpaired) electrons. The molecule has 3 aliphatic rings. The number of halogens is 1. The van der Waals surface area contributed by atoms with E-state index in [-0.39, 0.29) is 24.4 Å². The van der Waals surface area contributed by atoms with Crippen molar-refractivity contribution < 1.29 is 23.8 Å². The number of Topliss-reactive ketones (excluding diaryl/α,β-unsaturated/α-hetero) is 1. The van der Waals surface area contributed by atoms with Crippen LogP contribution in [0, 0.1) is 5.92 Å². The first-order valence-electron chi connectivity index (χ1n) is 11.9. The molecule has 0 bridgehead atoms. The van der Waals surface area contributed by atoms with E-state index in [1.54, 1.807) is 0 Å². The van der Waals surface area contributed by atoms with Gasteiger partial charge in [-0.25, -0.2) is 4.79 Å². The van der Waals surface area contributed by atoms with Gasteiger partial charge < -0.3 is 19.5 Å². The van der Waals surface area contributed by atoms with Gasteiger partial charge in [0.1, 0.15) is 0 Å². The fourth-order valence-electron chi connectivity index (χ4n) is 5.03. The molecule has 0 amide bonds. The predicted octanol–water partition coefficient (Wildman–Crippen LogP) is 5.63. The number of allylic oxidation sites excluding steroid dienone is 3. The molecule has 2 aromatic rings. The zero-order chi connectivity index (χ0) is 24.7. The first-order valence-corrected chi connectivity index (χ1v) is 12.3. The molecule has 182 valence electrons. The van der Waals surface area contributed by atoms with E-state index < -0.39 is 11.9 Å². The number of ether oxygens (including phenoxy) is 3. The minimum absolute atomic E-state index is 0.0167. The quantitative estimate of drug-likeness (QED) is 0.544. The Kier molecular flexibility index (Phi) is 6.32. The summed E-state index contributed by atoms with van der Waals surface area (Å²) in [5.74, 6) is 0.558. The molecule has 2 atom stereocenters. The lowest BCUT2D eigenvalue weighted by Crippen LogP contribution is -2.36. The maximum Gasteiger partial charge on any atom is 0.336 e. The monoisotopic (exact) mass is 493 g/mol. The second-order valence-electron chi connectivity index (χ2n) is 9.67. The predicted molar refractivity (Wildman–Crippen MR) is 132 cm³/mol. The second-order valence-corrected chi connectivity index (χ2v) is 10.1. The molecule has 5 rings (SSSR count). The van der Waals surface area contributed by atoms with Gasteiger partial charge >= 0.3 is 5.97 Å². The van der Waals surface area contributed by atoms with Gasteiger partial charge in [-0.15, -0.1) is 0 Å². The van der Waals surface area contributed by atoms with Crippen molar-refractivity contribution in [2.45, 2.75) is 45.4 Å². The summed E-state index contributed by atoms with van der Waals surface area (Å²) in [5, 5.41) is 4.05. The first-order chi connectivity index (χ1) is 16.8. The molecule has 35 heavy (non-hydrogen) atoms. The van der Waals surface area contributed by atoms with Crippen LogP contribution in [0.1, 0.15) is 56.6 Å². The Labute approximate surface area is 209 Å². The van der Waals surface area contributed by atoms with Crippen molar-refractivity contribution in [1.29, 1.82) is 0 Å². The van der Waals surface area contributed by atoms with Crippen molar-refractivity contribution in [3.63, 3.8) is 0 Å². The highest BCUT2D eigenvalue weighted by molar-refractivity contribution is 6.30. The van der Waals surface area contributed by atoms with Gasteiger partial charge in [0, 0.05) is 34.3 Å². The average molecular weight is 494 g/mol. The second kappa shape index (κ2) is 9.42. The molecule has 0 fully saturated rings. The molecule has 6 nitrogen and oxygen atoms in total. The summed E-state index contributed by atoms with van der Waals surface area (Å²) in [5.41, 5.74) is 4.50. The summed E-state index contributed by atoms with van der Waals surface area (Å²) in [7, 11) is 0. The van der Waals surface area contributed by atoms with E-state index in [1.807, 2.05) is 63.2 Å². The number of hydrogen-bond donors (Lipinski definition) is 1. The molecule has 2 aliphatic heterocycles. The summed E-state index contributed by atoms with van der Waals surface area (Å²) >= 11 is 6.07. The number of carbonyl (C=O) groups excluding carboxylic acids is 2. The zero-order valence-electron chi connectivity index (χ0n) is 20.0. The van der Waals surface area contributed by atoms with Gasteiger partial charge in [0.15, 0.2) is 17.3 Å². The van der Waals surface area contributed by atoms with E-state index in [4.69, 9.17) is 25.8 Å². The van der Waals surface area contributed by atoms with Gasteiger partial charge in [0.2, 0.25) is 6.79 Å². The van der Waals surface area contributed by atoms with Crippen LogP contribution in [-0.2, 0) is 14.3 Å². The number of fused-ring (bicyclic) bond motifs is 1. The Balaban J connectivity index is 1.56. The Morgan fingerprint density at radius 1 is 1.09 bits per heavy atom. The van der Waals surface area contributed by atoms with E-state index >= 15 is 0 Å². The van der Waals surface area contributed by atoms with Crippen molar-refractivity contribution in [2.75, 3.05) is 13.4 Å². The van der Waals surface area contributed by atoms with E-state index in [1.165, 1.54) is 0 Å². The largest absolute Gasteiger partial charge is 0.462 e. The number of carbonyl (C=O) groups is 2. The SMILES string of the molecule is CC1=C(C(=O)OCC(C)C)[C@H](c2ccc3c(c2)OCO3)C2=C(C[C@H](c3ccc(Cl)cc3)CC2=O)N1. The van der Waals surface area contributed by atoms with Gasteiger partial charge in [-0.3, -0.25) is 4.79 Å². The highest BCUT2D eigenvalue weighted by Gasteiger charge is 2.42. The van der Waals surface area contributed by atoms with Gasteiger partial charge in [0.05, 0.1) is 12.2 Å². The van der Waals surface area contributed by atoms with E-state index in [0.29, 0.717) is 52.8 Å². The molecule has 0 aromatic heterocycles. The van der Waals surface area contributed by atoms with Crippen LogP contribution in [0.15, 0.2) is 65.0 Å². The smallest absolute Gasteiger partial charge is 0.336 e. The van der Waals surface area contributed by atoms with E-state index in [9.17, 15) is 9.59 Å². The third-order valence-corrected chi connectivity index (χ3v) is 6.92. The van der Waals surface area contributed by atoms with Gasteiger partial charge in [-0.05, 0) is 60.6 Å². The Bertz CT molecular complexity index is 1240. The normalized spacial score (nSPS) is 21.2. The maximum absolute atomic E-state index is 13.7. The number of hydrogen-bond acceptors (Lipinski definition) is 6. The zero-order valence-corrected chi connectivity index (χ0v) is 20.8. The van der Waals surface area contributed by atoms with Crippen LogP contribution in [0.2, 0.25) is 5.02 Å². The van der Waals surface area contributed by atoms with Gasteiger partial charge in [-0.1, -0.05) is 43.6 Å². The number of benzene rings is 2. The fourth-order valence-corrected chi connectivity index (χ4v) is 5.15. The summed E-state index contributed by atoms with van der Waals surface area (Å²) in [6, 6.07) is 13.2. The standard InChI is InChI=1S/C28H28ClNO5/c1-15(2)13-33-28(32)25-16(3)30-21-10-19(17-4-7-20(29)8-5-17)11-22(31)27(21)26(25)18-6-9-23-24(12-18)35-14-34-23/h4-9,12,15,19,26,30H,10-11,13-14H2,1-3H3/t19-,26-/m0/s1. The number of rotatable bonds is 5. The number of nitrogens with one attached hydrogen (secondary N) is 1. The molecule has 7 heteroatoms. The minimum Gasteiger partial charge on any atom is -0.462 e. The molecular weight excluding hydrogens is 466 g/mol. The summed E-state index contributed by atoms with van der Waals surface area (Å²) < 4.78 is 16.7. The summed E-state index contributed by atoms with van der Waals surface area (Å²) in [6.07, 6.45) is 1.02.